The molecule has 184 valence electrons. The number of benzene rings is 3. The Bertz CT molecular complexity index is 1570. The third kappa shape index (κ3) is 5.15. The minimum absolute atomic E-state index is 0. The Morgan fingerprint density at radius 3 is 2.51 bits per heavy atom. The Morgan fingerprint density at radius 1 is 1.00 bits per heavy atom. The molecule has 0 aliphatic carbocycles. The van der Waals surface area contributed by atoms with Crippen molar-refractivity contribution in [1.29, 1.82) is 5.26 Å². The Labute approximate surface area is 229 Å². The van der Waals surface area contributed by atoms with E-state index in [0.29, 0.717) is 11.1 Å². The van der Waals surface area contributed by atoms with Crippen molar-refractivity contribution in [3.63, 3.8) is 0 Å². The van der Waals surface area contributed by atoms with Crippen LogP contribution in [0, 0.1) is 11.3 Å². The van der Waals surface area contributed by atoms with Gasteiger partial charge in [-0.3, -0.25) is 9.69 Å². The summed E-state index contributed by atoms with van der Waals surface area (Å²) in [5.74, 6) is -0.179. The number of thiazole rings is 1. The van der Waals surface area contributed by atoms with Crippen LogP contribution in [0.25, 0.3) is 20.8 Å². The Morgan fingerprint density at radius 2 is 1.76 bits per heavy atom. The van der Waals surface area contributed by atoms with E-state index in [9.17, 15) is 4.79 Å². The van der Waals surface area contributed by atoms with Crippen LogP contribution in [0.2, 0.25) is 0 Å². The van der Waals surface area contributed by atoms with E-state index in [0.717, 1.165) is 51.8 Å². The summed E-state index contributed by atoms with van der Waals surface area (Å²) in [6.45, 7) is 2.71. The summed E-state index contributed by atoms with van der Waals surface area (Å²) in [5.41, 5.74) is 5.69. The number of carbonyl (C=O) groups excluding carboxylic acids is 1. The molecule has 8 heteroatoms. The zero-order chi connectivity index (χ0) is 24.5. The number of nitrogens with one attached hydrogen (secondary N) is 1. The van der Waals surface area contributed by atoms with Gasteiger partial charge in [-0.15, -0.1) is 35.1 Å². The summed E-state index contributed by atoms with van der Waals surface area (Å²) in [5, 5.41) is 14.0. The Kier molecular flexibility index (Phi) is 7.36. The number of halogens is 1. The molecule has 3 heterocycles. The standard InChI is InChI=1S/C29H22N4OS2.ClH/c30-16-19-10-12-21(13-11-19)27(34)32-29-26(28-31-23-8-4-5-9-24(23)35-28)22-14-15-33(18-25(22)36-29)17-20-6-2-1-3-7-20;/h1-13H,14-15,17-18H2,(H,32,34);1H. The van der Waals surface area contributed by atoms with Crippen LogP contribution in [0.5, 0.6) is 0 Å². The zero-order valence-corrected chi connectivity index (χ0v) is 22.3. The van der Waals surface area contributed by atoms with Crippen molar-refractivity contribution >= 4 is 56.2 Å². The minimum atomic E-state index is -0.179. The lowest BCUT2D eigenvalue weighted by atomic mass is 10.0. The van der Waals surface area contributed by atoms with Gasteiger partial charge in [-0.25, -0.2) is 4.98 Å². The number of fused-ring (bicyclic) bond motifs is 2. The molecule has 3 aromatic carbocycles. The van der Waals surface area contributed by atoms with Crippen LogP contribution < -0.4 is 5.32 Å². The van der Waals surface area contributed by atoms with Crippen molar-refractivity contribution in [2.45, 2.75) is 19.5 Å². The summed E-state index contributed by atoms with van der Waals surface area (Å²) in [4.78, 5) is 21.9. The number of thiophene rings is 1. The van der Waals surface area contributed by atoms with Crippen LogP contribution in [0.15, 0.2) is 78.9 Å². The predicted octanol–water partition coefficient (Wildman–Crippen LogP) is 7.13. The SMILES string of the molecule is Cl.N#Cc1ccc(C(=O)Nc2sc3c(c2-c2nc4ccccc4s2)CCN(Cc2ccccc2)C3)cc1. The molecule has 1 amide bonds. The number of para-hydroxylation sites is 1. The monoisotopic (exact) mass is 542 g/mol. The molecule has 6 rings (SSSR count). The van der Waals surface area contributed by atoms with Gasteiger partial charge in [-0.05, 0) is 53.9 Å². The van der Waals surface area contributed by atoms with Crippen LogP contribution in [0.1, 0.15) is 31.9 Å². The lowest BCUT2D eigenvalue weighted by Gasteiger charge is -2.27. The lowest BCUT2D eigenvalue weighted by molar-refractivity contribution is 0.102. The van der Waals surface area contributed by atoms with Crippen LogP contribution in [0.4, 0.5) is 5.00 Å². The maximum atomic E-state index is 13.2. The van der Waals surface area contributed by atoms with Gasteiger partial charge in [0.25, 0.3) is 5.91 Å². The molecule has 5 aromatic rings. The number of nitrogens with zero attached hydrogens (tertiary/aromatic N) is 3. The molecule has 1 aliphatic heterocycles. The van der Waals surface area contributed by atoms with Crippen molar-refractivity contribution in [1.82, 2.24) is 9.88 Å². The van der Waals surface area contributed by atoms with Crippen LogP contribution >= 0.6 is 35.1 Å². The highest BCUT2D eigenvalue weighted by molar-refractivity contribution is 7.23. The third-order valence-electron chi connectivity index (χ3n) is 6.40. The normalized spacial score (nSPS) is 12.9. The number of hydrogen-bond acceptors (Lipinski definition) is 6. The average molecular weight is 543 g/mol. The van der Waals surface area contributed by atoms with Crippen molar-refractivity contribution in [3.05, 3.63) is 106 Å². The lowest BCUT2D eigenvalue weighted by Crippen LogP contribution is -2.29. The number of carbonyl (C=O) groups is 1. The fourth-order valence-electron chi connectivity index (χ4n) is 4.60. The summed E-state index contributed by atoms with van der Waals surface area (Å²) in [6, 6.07) is 27.5. The first kappa shape index (κ1) is 25.1. The molecule has 5 nitrogen and oxygen atoms in total. The fraction of sp³-hybridized carbons (Fsp3) is 0.138. The summed E-state index contributed by atoms with van der Waals surface area (Å²) in [7, 11) is 0. The first-order chi connectivity index (χ1) is 17.7. The number of amides is 1. The van der Waals surface area contributed by atoms with Gasteiger partial charge in [0.05, 0.1) is 21.8 Å². The molecule has 0 unspecified atom stereocenters. The molecular weight excluding hydrogens is 520 g/mol. The highest BCUT2D eigenvalue weighted by Gasteiger charge is 2.28. The van der Waals surface area contributed by atoms with Gasteiger partial charge in [-0.2, -0.15) is 5.26 Å². The number of nitriles is 1. The van der Waals surface area contributed by atoms with Gasteiger partial charge in [0, 0.05) is 35.6 Å². The van der Waals surface area contributed by atoms with Crippen molar-refractivity contribution in [2.24, 2.45) is 0 Å². The highest BCUT2D eigenvalue weighted by atomic mass is 35.5. The third-order valence-corrected chi connectivity index (χ3v) is 8.58. The average Bonchev–Trinajstić information content (AvgIpc) is 3.49. The molecule has 0 atom stereocenters. The van der Waals surface area contributed by atoms with Crippen LogP contribution in [-0.2, 0) is 19.5 Å². The van der Waals surface area contributed by atoms with Crippen molar-refractivity contribution < 1.29 is 4.79 Å². The van der Waals surface area contributed by atoms with E-state index in [2.05, 4.69) is 46.6 Å². The maximum absolute atomic E-state index is 13.2. The molecule has 0 fully saturated rings. The van der Waals surface area contributed by atoms with E-state index in [-0.39, 0.29) is 18.3 Å². The van der Waals surface area contributed by atoms with Crippen LogP contribution in [-0.4, -0.2) is 22.3 Å². The predicted molar refractivity (Wildman–Crippen MR) is 154 cm³/mol. The molecule has 0 bridgehead atoms. The Balaban J connectivity index is 0.00000280. The van der Waals surface area contributed by atoms with Gasteiger partial charge in [-0.1, -0.05) is 42.5 Å². The van der Waals surface area contributed by atoms with Crippen molar-refractivity contribution in [3.8, 4) is 16.6 Å². The molecule has 1 N–H and O–H groups in total. The molecule has 0 saturated carbocycles. The number of anilines is 1. The second-order valence-electron chi connectivity index (χ2n) is 8.78. The summed E-state index contributed by atoms with van der Waals surface area (Å²) in [6.07, 6.45) is 0.913. The van der Waals surface area contributed by atoms with E-state index >= 15 is 0 Å². The highest BCUT2D eigenvalue weighted by Crippen LogP contribution is 2.46. The van der Waals surface area contributed by atoms with E-state index in [1.807, 2.05) is 24.3 Å². The number of aromatic nitrogens is 1. The molecule has 37 heavy (non-hydrogen) atoms. The molecule has 0 saturated heterocycles. The van der Waals surface area contributed by atoms with E-state index in [1.165, 1.54) is 16.0 Å². The van der Waals surface area contributed by atoms with E-state index in [1.54, 1.807) is 46.9 Å². The second-order valence-corrected chi connectivity index (χ2v) is 10.9. The van der Waals surface area contributed by atoms with E-state index < -0.39 is 0 Å². The topological polar surface area (TPSA) is 69.0 Å². The minimum Gasteiger partial charge on any atom is -0.313 e. The van der Waals surface area contributed by atoms with Gasteiger partial charge in [0.15, 0.2) is 0 Å². The summed E-state index contributed by atoms with van der Waals surface area (Å²) < 4.78 is 1.14. The Hall–Kier alpha value is -3.54. The molecule has 0 spiro atoms. The summed E-state index contributed by atoms with van der Waals surface area (Å²) >= 11 is 3.32. The maximum Gasteiger partial charge on any atom is 0.256 e. The molecule has 2 aromatic heterocycles. The van der Waals surface area contributed by atoms with Crippen molar-refractivity contribution in [2.75, 3.05) is 11.9 Å². The van der Waals surface area contributed by atoms with Gasteiger partial charge in [0.2, 0.25) is 0 Å². The smallest absolute Gasteiger partial charge is 0.256 e. The second kappa shape index (κ2) is 10.8. The molecule has 0 radical (unpaired) electrons. The van der Waals surface area contributed by atoms with Gasteiger partial charge in [0.1, 0.15) is 10.0 Å². The van der Waals surface area contributed by atoms with Gasteiger partial charge < -0.3 is 5.32 Å². The van der Waals surface area contributed by atoms with E-state index in [4.69, 9.17) is 10.2 Å². The largest absolute Gasteiger partial charge is 0.313 e. The fourth-order valence-corrected chi connectivity index (χ4v) is 6.99. The number of hydrogen-bond donors (Lipinski definition) is 1. The quantitative estimate of drug-likeness (QED) is 0.256. The number of rotatable bonds is 5. The first-order valence-electron chi connectivity index (χ1n) is 11.8. The molecular formula is C29H23ClN4OS2. The molecule has 1 aliphatic rings. The first-order valence-corrected chi connectivity index (χ1v) is 13.4. The zero-order valence-electron chi connectivity index (χ0n) is 19.8. The van der Waals surface area contributed by atoms with Gasteiger partial charge >= 0.3 is 0 Å². The van der Waals surface area contributed by atoms with Crippen LogP contribution in [0.3, 0.4) is 0 Å².